The van der Waals surface area contributed by atoms with Crippen molar-refractivity contribution in [2.75, 3.05) is 6.61 Å². The van der Waals surface area contributed by atoms with Gasteiger partial charge in [0.05, 0.1) is 11.5 Å². The Kier molecular flexibility index (Phi) is 4.53. The van der Waals surface area contributed by atoms with Crippen molar-refractivity contribution in [3.8, 4) is 0 Å². The van der Waals surface area contributed by atoms with E-state index in [1.54, 1.807) is 6.07 Å². The van der Waals surface area contributed by atoms with Gasteiger partial charge in [0.1, 0.15) is 0 Å². The number of carbonyl (C=O) groups is 1. The highest BCUT2D eigenvalue weighted by atomic mass is 32.1. The summed E-state index contributed by atoms with van der Waals surface area (Å²) in [7, 11) is 0. The SMILES string of the molecule is NNC(=O)c1ccc(COCC2CCCC2)s1. The molecule has 0 atom stereocenters. The van der Waals surface area contributed by atoms with Crippen LogP contribution in [0.2, 0.25) is 0 Å². The first-order valence-corrected chi connectivity index (χ1v) is 6.78. The van der Waals surface area contributed by atoms with E-state index in [4.69, 9.17) is 10.6 Å². The smallest absolute Gasteiger partial charge is 0.275 e. The van der Waals surface area contributed by atoms with Gasteiger partial charge in [0.2, 0.25) is 0 Å². The lowest BCUT2D eigenvalue weighted by atomic mass is 10.1. The summed E-state index contributed by atoms with van der Waals surface area (Å²) >= 11 is 1.43. The molecule has 1 saturated carbocycles. The molecule has 0 aliphatic heterocycles. The quantitative estimate of drug-likeness (QED) is 0.480. The average Bonchev–Trinajstić information content (AvgIpc) is 2.99. The summed E-state index contributed by atoms with van der Waals surface area (Å²) in [6, 6.07) is 3.70. The monoisotopic (exact) mass is 254 g/mol. The molecule has 1 amide bonds. The Balaban J connectivity index is 1.74. The molecule has 0 unspecified atom stereocenters. The number of thiophene rings is 1. The maximum Gasteiger partial charge on any atom is 0.275 e. The second-order valence-corrected chi connectivity index (χ2v) is 5.57. The fraction of sp³-hybridized carbons (Fsp3) is 0.583. The van der Waals surface area contributed by atoms with Crippen molar-refractivity contribution in [3.05, 3.63) is 21.9 Å². The minimum atomic E-state index is -0.239. The van der Waals surface area contributed by atoms with Gasteiger partial charge < -0.3 is 4.74 Å². The van der Waals surface area contributed by atoms with Crippen molar-refractivity contribution in [2.24, 2.45) is 11.8 Å². The molecule has 1 aliphatic carbocycles. The number of carbonyl (C=O) groups excluding carboxylic acids is 1. The molecular weight excluding hydrogens is 236 g/mol. The molecule has 3 N–H and O–H groups in total. The molecule has 94 valence electrons. The van der Waals surface area contributed by atoms with Crippen LogP contribution in [0.1, 0.15) is 40.2 Å². The Bertz CT molecular complexity index is 372. The van der Waals surface area contributed by atoms with E-state index in [9.17, 15) is 4.79 Å². The third-order valence-corrected chi connectivity index (χ3v) is 4.15. The number of hydrazine groups is 1. The minimum absolute atomic E-state index is 0.239. The Hall–Kier alpha value is -0.910. The molecular formula is C12H18N2O2S. The van der Waals surface area contributed by atoms with Crippen LogP contribution in [-0.4, -0.2) is 12.5 Å². The molecule has 5 heteroatoms. The van der Waals surface area contributed by atoms with Crippen LogP contribution in [0.5, 0.6) is 0 Å². The van der Waals surface area contributed by atoms with Crippen LogP contribution in [0.4, 0.5) is 0 Å². The highest BCUT2D eigenvalue weighted by Gasteiger charge is 2.15. The zero-order valence-corrected chi connectivity index (χ0v) is 10.6. The molecule has 17 heavy (non-hydrogen) atoms. The standard InChI is InChI=1S/C12H18N2O2S/c13-14-12(15)11-6-5-10(17-11)8-16-7-9-3-1-2-4-9/h5-6,9H,1-4,7-8,13H2,(H,14,15). The van der Waals surface area contributed by atoms with E-state index in [1.807, 2.05) is 6.07 Å². The molecule has 1 heterocycles. The largest absolute Gasteiger partial charge is 0.376 e. The minimum Gasteiger partial charge on any atom is -0.376 e. The van der Waals surface area contributed by atoms with Gasteiger partial charge in [-0.15, -0.1) is 11.3 Å². The average molecular weight is 254 g/mol. The van der Waals surface area contributed by atoms with Gasteiger partial charge in [0, 0.05) is 11.5 Å². The van der Waals surface area contributed by atoms with E-state index >= 15 is 0 Å². The van der Waals surface area contributed by atoms with Crippen molar-refractivity contribution in [2.45, 2.75) is 32.3 Å². The Morgan fingerprint density at radius 2 is 2.24 bits per heavy atom. The van der Waals surface area contributed by atoms with Gasteiger partial charge in [-0.25, -0.2) is 5.84 Å². The van der Waals surface area contributed by atoms with Crippen LogP contribution in [0.25, 0.3) is 0 Å². The fourth-order valence-electron chi connectivity index (χ4n) is 2.15. The summed E-state index contributed by atoms with van der Waals surface area (Å²) in [5, 5.41) is 0. The van der Waals surface area contributed by atoms with Crippen LogP contribution < -0.4 is 11.3 Å². The lowest BCUT2D eigenvalue weighted by molar-refractivity contribution is 0.0906. The Morgan fingerprint density at radius 1 is 1.47 bits per heavy atom. The van der Waals surface area contributed by atoms with Gasteiger partial charge in [-0.1, -0.05) is 12.8 Å². The summed E-state index contributed by atoms with van der Waals surface area (Å²) < 4.78 is 5.68. The molecule has 0 aromatic carbocycles. The Labute approximate surface area is 105 Å². The molecule has 4 nitrogen and oxygen atoms in total. The third-order valence-electron chi connectivity index (χ3n) is 3.09. The highest BCUT2D eigenvalue weighted by molar-refractivity contribution is 7.14. The van der Waals surface area contributed by atoms with E-state index in [0.717, 1.165) is 17.4 Å². The molecule has 2 rings (SSSR count). The van der Waals surface area contributed by atoms with Crippen molar-refractivity contribution >= 4 is 17.2 Å². The van der Waals surface area contributed by atoms with Crippen molar-refractivity contribution in [1.82, 2.24) is 5.43 Å². The molecule has 1 aliphatic rings. The van der Waals surface area contributed by atoms with Gasteiger partial charge >= 0.3 is 0 Å². The van der Waals surface area contributed by atoms with Crippen molar-refractivity contribution in [1.29, 1.82) is 0 Å². The first-order valence-electron chi connectivity index (χ1n) is 5.97. The number of nitrogen functional groups attached to an aromatic ring is 1. The van der Waals surface area contributed by atoms with Crippen LogP contribution in [0, 0.1) is 5.92 Å². The van der Waals surface area contributed by atoms with Gasteiger partial charge in [0.25, 0.3) is 5.91 Å². The fourth-order valence-corrected chi connectivity index (χ4v) is 3.00. The maximum absolute atomic E-state index is 11.2. The lowest BCUT2D eigenvalue weighted by Crippen LogP contribution is -2.29. The van der Waals surface area contributed by atoms with E-state index < -0.39 is 0 Å². The molecule has 1 aromatic rings. The summed E-state index contributed by atoms with van der Waals surface area (Å²) in [4.78, 5) is 12.9. The number of amides is 1. The number of nitrogens with two attached hydrogens (primary N) is 1. The lowest BCUT2D eigenvalue weighted by Gasteiger charge is -2.08. The zero-order chi connectivity index (χ0) is 12.1. The molecule has 0 spiro atoms. The maximum atomic E-state index is 11.2. The van der Waals surface area contributed by atoms with Crippen LogP contribution in [0.3, 0.4) is 0 Å². The molecule has 0 bridgehead atoms. The molecule has 0 radical (unpaired) electrons. The molecule has 1 aromatic heterocycles. The number of nitrogens with one attached hydrogen (secondary N) is 1. The number of hydrogen-bond donors (Lipinski definition) is 2. The predicted molar refractivity (Wildman–Crippen MR) is 67.6 cm³/mol. The first kappa shape index (κ1) is 12.5. The molecule has 0 saturated heterocycles. The topological polar surface area (TPSA) is 64.3 Å². The van der Waals surface area contributed by atoms with Crippen molar-refractivity contribution in [3.63, 3.8) is 0 Å². The number of ether oxygens (including phenoxy) is 1. The van der Waals surface area contributed by atoms with E-state index in [-0.39, 0.29) is 5.91 Å². The summed E-state index contributed by atoms with van der Waals surface area (Å²) in [5.74, 6) is 5.57. The normalized spacial score (nSPS) is 16.3. The van der Waals surface area contributed by atoms with E-state index in [1.165, 1.54) is 37.0 Å². The Morgan fingerprint density at radius 3 is 2.94 bits per heavy atom. The summed E-state index contributed by atoms with van der Waals surface area (Å²) in [6.45, 7) is 1.44. The second-order valence-electron chi connectivity index (χ2n) is 4.41. The predicted octanol–water partition coefficient (Wildman–Crippen LogP) is 2.06. The zero-order valence-electron chi connectivity index (χ0n) is 9.78. The van der Waals surface area contributed by atoms with Gasteiger partial charge in [-0.2, -0.15) is 0 Å². The van der Waals surface area contributed by atoms with Crippen molar-refractivity contribution < 1.29 is 9.53 Å². The second kappa shape index (κ2) is 6.14. The summed E-state index contributed by atoms with van der Waals surface area (Å²) in [6.07, 6.45) is 5.28. The van der Waals surface area contributed by atoms with Crippen LogP contribution >= 0.6 is 11.3 Å². The number of rotatable bonds is 5. The van der Waals surface area contributed by atoms with E-state index in [0.29, 0.717) is 11.5 Å². The summed E-state index contributed by atoms with van der Waals surface area (Å²) in [5.41, 5.74) is 2.13. The molecule has 1 fully saturated rings. The van der Waals surface area contributed by atoms with Gasteiger partial charge in [-0.3, -0.25) is 10.2 Å². The van der Waals surface area contributed by atoms with Gasteiger partial charge in [-0.05, 0) is 30.9 Å². The highest BCUT2D eigenvalue weighted by Crippen LogP contribution is 2.25. The number of hydrogen-bond acceptors (Lipinski definition) is 4. The van der Waals surface area contributed by atoms with Gasteiger partial charge in [0.15, 0.2) is 0 Å². The third kappa shape index (κ3) is 3.52. The van der Waals surface area contributed by atoms with E-state index in [2.05, 4.69) is 5.43 Å². The first-order chi connectivity index (χ1) is 8.29. The van der Waals surface area contributed by atoms with Crippen LogP contribution in [0.15, 0.2) is 12.1 Å². The van der Waals surface area contributed by atoms with Crippen LogP contribution in [-0.2, 0) is 11.3 Å².